The fraction of sp³-hybridized carbons (Fsp3) is 0.462. The van der Waals surface area contributed by atoms with Crippen LogP contribution in [-0.2, 0) is 6.54 Å². The summed E-state index contributed by atoms with van der Waals surface area (Å²) in [5.74, 6) is 0. The minimum Gasteiger partial charge on any atom is -0.299 e. The second-order valence-corrected chi connectivity index (χ2v) is 4.15. The van der Waals surface area contributed by atoms with E-state index in [1.54, 1.807) is 0 Å². The minimum atomic E-state index is 1.10. The van der Waals surface area contributed by atoms with Crippen LogP contribution < -0.4 is 0 Å². The van der Waals surface area contributed by atoms with Gasteiger partial charge < -0.3 is 0 Å². The Balaban J connectivity index is 1.92. The molecule has 0 unspecified atom stereocenters. The lowest BCUT2D eigenvalue weighted by Crippen LogP contribution is -2.28. The molecule has 1 saturated heterocycles. The van der Waals surface area contributed by atoms with Crippen molar-refractivity contribution in [2.75, 3.05) is 13.1 Å². The van der Waals surface area contributed by atoms with Gasteiger partial charge in [-0.2, -0.15) is 0 Å². The molecule has 1 heterocycles. The first-order valence-corrected chi connectivity index (χ1v) is 5.48. The van der Waals surface area contributed by atoms with Crippen LogP contribution in [0.2, 0.25) is 0 Å². The van der Waals surface area contributed by atoms with Crippen LogP contribution in [0.5, 0.6) is 0 Å². The summed E-state index contributed by atoms with van der Waals surface area (Å²) in [6.45, 7) is 7.55. The largest absolute Gasteiger partial charge is 0.299 e. The van der Waals surface area contributed by atoms with Gasteiger partial charge in [-0.1, -0.05) is 30.7 Å². The maximum atomic E-state index is 3.89. The van der Waals surface area contributed by atoms with Crippen molar-refractivity contribution >= 4 is 0 Å². The molecule has 1 heteroatoms. The number of rotatable bonds is 2. The molecule has 0 aliphatic carbocycles. The van der Waals surface area contributed by atoms with Crippen LogP contribution in [0, 0.1) is 6.92 Å². The van der Waals surface area contributed by atoms with Gasteiger partial charge in [0.1, 0.15) is 0 Å². The van der Waals surface area contributed by atoms with Gasteiger partial charge in [0.05, 0.1) is 0 Å². The highest BCUT2D eigenvalue weighted by atomic mass is 15.1. The smallest absolute Gasteiger partial charge is 0.0233 e. The van der Waals surface area contributed by atoms with E-state index in [0.29, 0.717) is 0 Å². The molecule has 1 nitrogen and oxygen atoms in total. The molecule has 75 valence electrons. The molecule has 0 atom stereocenters. The van der Waals surface area contributed by atoms with Crippen molar-refractivity contribution in [1.82, 2.24) is 4.90 Å². The van der Waals surface area contributed by atoms with Gasteiger partial charge in [0, 0.05) is 6.54 Å². The fourth-order valence-corrected chi connectivity index (χ4v) is 2.02. The van der Waals surface area contributed by atoms with Crippen molar-refractivity contribution in [2.24, 2.45) is 0 Å². The fourth-order valence-electron chi connectivity index (χ4n) is 2.02. The van der Waals surface area contributed by atoms with Crippen LogP contribution in [0.25, 0.3) is 0 Å². The van der Waals surface area contributed by atoms with Crippen molar-refractivity contribution in [2.45, 2.75) is 25.8 Å². The van der Waals surface area contributed by atoms with Crippen LogP contribution in [0.3, 0.4) is 0 Å². The first-order chi connectivity index (χ1) is 6.84. The molecule has 0 N–H and O–H groups in total. The van der Waals surface area contributed by atoms with E-state index in [9.17, 15) is 0 Å². The van der Waals surface area contributed by atoms with Crippen LogP contribution in [0.15, 0.2) is 24.3 Å². The van der Waals surface area contributed by atoms with Gasteiger partial charge in [0.2, 0.25) is 0 Å². The number of hydrogen-bond donors (Lipinski definition) is 0. The number of nitrogens with zero attached hydrogens (tertiary/aromatic N) is 1. The Kier molecular flexibility index (Phi) is 3.20. The Labute approximate surface area is 86.7 Å². The zero-order chi connectivity index (χ0) is 9.80. The second kappa shape index (κ2) is 4.61. The van der Waals surface area contributed by atoms with Crippen molar-refractivity contribution in [1.29, 1.82) is 0 Å². The van der Waals surface area contributed by atoms with E-state index in [4.69, 9.17) is 0 Å². The second-order valence-electron chi connectivity index (χ2n) is 4.15. The third kappa shape index (κ3) is 2.58. The summed E-state index contributed by atoms with van der Waals surface area (Å²) in [4.78, 5) is 2.54. The molecule has 1 aromatic rings. The third-order valence-electron chi connectivity index (χ3n) is 2.88. The van der Waals surface area contributed by atoms with Crippen LogP contribution in [-0.4, -0.2) is 18.0 Å². The molecule has 0 spiro atoms. The van der Waals surface area contributed by atoms with Gasteiger partial charge in [-0.15, -0.1) is 0 Å². The van der Waals surface area contributed by atoms with Gasteiger partial charge in [-0.05, 0) is 44.0 Å². The monoisotopic (exact) mass is 188 g/mol. The van der Waals surface area contributed by atoms with Crippen LogP contribution >= 0.6 is 0 Å². The molecule has 1 fully saturated rings. The molecular weight excluding hydrogens is 170 g/mol. The highest BCUT2D eigenvalue weighted by molar-refractivity contribution is 5.24. The average Bonchev–Trinajstić information content (AvgIpc) is 2.23. The molecule has 0 aromatic heterocycles. The summed E-state index contributed by atoms with van der Waals surface area (Å²) in [7, 11) is 0. The summed E-state index contributed by atoms with van der Waals surface area (Å²) in [5.41, 5.74) is 2.52. The molecular formula is C13H18N. The number of piperidine rings is 1. The zero-order valence-corrected chi connectivity index (χ0v) is 8.71. The van der Waals surface area contributed by atoms with Gasteiger partial charge >= 0.3 is 0 Å². The highest BCUT2D eigenvalue weighted by Crippen LogP contribution is 2.13. The van der Waals surface area contributed by atoms with Crippen molar-refractivity contribution < 1.29 is 0 Å². The van der Waals surface area contributed by atoms with Gasteiger partial charge in [0.15, 0.2) is 0 Å². The van der Waals surface area contributed by atoms with E-state index < -0.39 is 0 Å². The summed E-state index contributed by atoms with van der Waals surface area (Å²) in [6.07, 6.45) is 4.15. The lowest BCUT2D eigenvalue weighted by Gasteiger charge is -2.26. The van der Waals surface area contributed by atoms with Gasteiger partial charge in [-0.3, -0.25) is 4.90 Å². The Hall–Kier alpha value is -0.820. The predicted octanol–water partition coefficient (Wildman–Crippen LogP) is 2.85. The van der Waals surface area contributed by atoms with E-state index in [2.05, 4.69) is 36.1 Å². The Morgan fingerprint density at radius 1 is 1.00 bits per heavy atom. The molecule has 0 saturated carbocycles. The summed E-state index contributed by atoms with van der Waals surface area (Å²) in [5, 5.41) is 0. The zero-order valence-electron chi connectivity index (χ0n) is 8.71. The van der Waals surface area contributed by atoms with Gasteiger partial charge in [0.25, 0.3) is 0 Å². The number of likely N-dealkylation sites (tertiary alicyclic amines) is 1. The van der Waals surface area contributed by atoms with E-state index in [0.717, 1.165) is 12.1 Å². The van der Waals surface area contributed by atoms with Crippen molar-refractivity contribution in [3.8, 4) is 0 Å². The summed E-state index contributed by atoms with van der Waals surface area (Å²) < 4.78 is 0. The van der Waals surface area contributed by atoms with E-state index in [1.165, 1.54) is 37.9 Å². The first kappa shape index (κ1) is 9.72. The van der Waals surface area contributed by atoms with Crippen molar-refractivity contribution in [3.63, 3.8) is 0 Å². The molecule has 14 heavy (non-hydrogen) atoms. The highest BCUT2D eigenvalue weighted by Gasteiger charge is 2.09. The number of benzene rings is 1. The van der Waals surface area contributed by atoms with Crippen LogP contribution in [0.1, 0.15) is 30.4 Å². The lowest BCUT2D eigenvalue weighted by molar-refractivity contribution is 0.221. The van der Waals surface area contributed by atoms with E-state index in [1.807, 2.05) is 0 Å². The first-order valence-electron chi connectivity index (χ1n) is 5.48. The molecule has 1 aliphatic heterocycles. The molecule has 2 rings (SSSR count). The van der Waals surface area contributed by atoms with Crippen molar-refractivity contribution in [3.05, 3.63) is 42.3 Å². The third-order valence-corrected chi connectivity index (χ3v) is 2.88. The van der Waals surface area contributed by atoms with Gasteiger partial charge in [-0.25, -0.2) is 0 Å². The SMILES string of the molecule is [CH2]c1ccc(CN2CCCCC2)cc1. The average molecular weight is 188 g/mol. The Morgan fingerprint density at radius 3 is 2.29 bits per heavy atom. The standard InChI is InChI=1S/C13H18N/c1-12-5-7-13(8-6-12)11-14-9-3-2-4-10-14/h5-8H,1-4,9-11H2. The molecule has 1 aliphatic rings. The topological polar surface area (TPSA) is 3.24 Å². The predicted molar refractivity (Wildman–Crippen MR) is 60.0 cm³/mol. The molecule has 0 amide bonds. The molecule has 1 radical (unpaired) electrons. The van der Waals surface area contributed by atoms with Crippen LogP contribution in [0.4, 0.5) is 0 Å². The quantitative estimate of drug-likeness (QED) is 0.690. The molecule has 1 aromatic carbocycles. The molecule has 0 bridgehead atoms. The maximum absolute atomic E-state index is 3.89. The minimum absolute atomic E-state index is 1.10. The van der Waals surface area contributed by atoms with E-state index >= 15 is 0 Å². The number of hydrogen-bond acceptors (Lipinski definition) is 1. The van der Waals surface area contributed by atoms with E-state index in [-0.39, 0.29) is 0 Å². The Morgan fingerprint density at radius 2 is 1.64 bits per heavy atom. The lowest BCUT2D eigenvalue weighted by atomic mass is 10.1. The summed E-state index contributed by atoms with van der Waals surface area (Å²) >= 11 is 0. The summed E-state index contributed by atoms with van der Waals surface area (Å²) in [6, 6.07) is 8.58. The maximum Gasteiger partial charge on any atom is 0.0233 e. The Bertz CT molecular complexity index is 270. The normalized spacial score (nSPS) is 18.4.